The van der Waals surface area contributed by atoms with E-state index in [9.17, 15) is 0 Å². The molecule has 0 heterocycles. The fourth-order valence-corrected chi connectivity index (χ4v) is 1.46. The molecular formula is C15H27N. The van der Waals surface area contributed by atoms with Gasteiger partial charge in [0, 0.05) is 11.2 Å². The molecule has 1 heteroatoms. The highest BCUT2D eigenvalue weighted by molar-refractivity contribution is 5.36. The quantitative estimate of drug-likeness (QED) is 0.695. The fourth-order valence-electron chi connectivity index (χ4n) is 1.46. The summed E-state index contributed by atoms with van der Waals surface area (Å²) >= 11 is 0. The number of hydrogen-bond donors (Lipinski definition) is 1. The van der Waals surface area contributed by atoms with Crippen molar-refractivity contribution >= 4 is 0 Å². The molecule has 0 amide bonds. The van der Waals surface area contributed by atoms with Gasteiger partial charge in [-0.05, 0) is 50.3 Å². The highest BCUT2D eigenvalue weighted by Gasteiger charge is 2.16. The van der Waals surface area contributed by atoms with Gasteiger partial charge in [0.1, 0.15) is 0 Å². The van der Waals surface area contributed by atoms with Crippen LogP contribution in [0.1, 0.15) is 48.5 Å². The monoisotopic (exact) mass is 221 g/mol. The largest absolute Gasteiger partial charge is 0.381 e. The van der Waals surface area contributed by atoms with E-state index in [4.69, 9.17) is 0 Å². The molecule has 0 aromatic carbocycles. The summed E-state index contributed by atoms with van der Waals surface area (Å²) in [7, 11) is 0. The molecule has 1 nitrogen and oxygen atoms in total. The lowest BCUT2D eigenvalue weighted by molar-refractivity contribution is 0.479. The Bertz CT molecular complexity index is 305. The highest BCUT2D eigenvalue weighted by atomic mass is 14.9. The standard InChI is InChI=1S/C15H27N/c1-11(13(3)14(4,5)6)10-12(2)16-15(7,8)9/h10,16H,2-3H2,1,4-9H3/b11-10+. The van der Waals surface area contributed by atoms with Crippen LogP contribution in [0.25, 0.3) is 0 Å². The third kappa shape index (κ3) is 5.79. The smallest absolute Gasteiger partial charge is 0.0289 e. The summed E-state index contributed by atoms with van der Waals surface area (Å²) in [5, 5.41) is 3.34. The number of hydrogen-bond acceptors (Lipinski definition) is 1. The minimum Gasteiger partial charge on any atom is -0.381 e. The molecule has 0 aliphatic heterocycles. The van der Waals surface area contributed by atoms with E-state index in [2.05, 4.69) is 73.0 Å². The number of rotatable bonds is 3. The van der Waals surface area contributed by atoms with Crippen molar-refractivity contribution in [3.8, 4) is 0 Å². The molecule has 92 valence electrons. The molecule has 0 bridgehead atoms. The van der Waals surface area contributed by atoms with Crippen molar-refractivity contribution in [2.45, 2.75) is 54.0 Å². The fraction of sp³-hybridized carbons (Fsp3) is 0.600. The summed E-state index contributed by atoms with van der Waals surface area (Å²) < 4.78 is 0. The maximum Gasteiger partial charge on any atom is 0.0289 e. The van der Waals surface area contributed by atoms with Gasteiger partial charge in [0.15, 0.2) is 0 Å². The molecule has 1 N–H and O–H groups in total. The molecule has 0 aliphatic carbocycles. The van der Waals surface area contributed by atoms with Crippen LogP contribution >= 0.6 is 0 Å². The van der Waals surface area contributed by atoms with Crippen LogP contribution in [0.4, 0.5) is 0 Å². The Morgan fingerprint density at radius 2 is 1.44 bits per heavy atom. The van der Waals surface area contributed by atoms with E-state index >= 15 is 0 Å². The molecule has 16 heavy (non-hydrogen) atoms. The van der Waals surface area contributed by atoms with E-state index in [-0.39, 0.29) is 11.0 Å². The van der Waals surface area contributed by atoms with E-state index < -0.39 is 0 Å². The lowest BCUT2D eigenvalue weighted by atomic mass is 9.83. The molecule has 0 aliphatic rings. The molecule has 0 atom stereocenters. The zero-order chi connectivity index (χ0) is 13.1. The summed E-state index contributed by atoms with van der Waals surface area (Å²) in [6.07, 6.45) is 2.07. The lowest BCUT2D eigenvalue weighted by Gasteiger charge is -2.25. The summed E-state index contributed by atoms with van der Waals surface area (Å²) in [4.78, 5) is 0. The Balaban J connectivity index is 4.69. The van der Waals surface area contributed by atoms with Crippen molar-refractivity contribution in [2.75, 3.05) is 0 Å². The Labute approximate surface area is 101 Å². The minimum absolute atomic E-state index is 0.0525. The Kier molecular flexibility index (Phi) is 4.60. The first-order valence-electron chi connectivity index (χ1n) is 5.78. The van der Waals surface area contributed by atoms with Crippen molar-refractivity contribution in [1.29, 1.82) is 0 Å². The van der Waals surface area contributed by atoms with Crippen LogP contribution in [0.15, 0.2) is 36.1 Å². The summed E-state index contributed by atoms with van der Waals surface area (Å²) in [6, 6.07) is 0. The Hall–Kier alpha value is -0.980. The topological polar surface area (TPSA) is 12.0 Å². The average molecular weight is 221 g/mol. The third-order valence-corrected chi connectivity index (χ3v) is 2.31. The van der Waals surface area contributed by atoms with Gasteiger partial charge < -0.3 is 5.32 Å². The van der Waals surface area contributed by atoms with Gasteiger partial charge in [-0.2, -0.15) is 0 Å². The zero-order valence-corrected chi connectivity index (χ0v) is 12.0. The van der Waals surface area contributed by atoms with Gasteiger partial charge in [0.2, 0.25) is 0 Å². The van der Waals surface area contributed by atoms with E-state index in [0.29, 0.717) is 0 Å². The Morgan fingerprint density at radius 1 is 1.00 bits per heavy atom. The molecule has 0 unspecified atom stereocenters. The van der Waals surface area contributed by atoms with E-state index in [1.54, 1.807) is 0 Å². The van der Waals surface area contributed by atoms with Crippen molar-refractivity contribution < 1.29 is 0 Å². The van der Waals surface area contributed by atoms with Gasteiger partial charge in [-0.15, -0.1) is 0 Å². The number of nitrogens with one attached hydrogen (secondary N) is 1. The zero-order valence-electron chi connectivity index (χ0n) is 12.0. The number of allylic oxidation sites excluding steroid dienone is 3. The normalized spacial score (nSPS) is 13.6. The molecule has 0 aromatic rings. The SMILES string of the molecule is C=C(/C=C(\C)C(=C)C(C)(C)C)NC(C)(C)C. The van der Waals surface area contributed by atoms with Gasteiger partial charge in [-0.1, -0.05) is 33.9 Å². The van der Waals surface area contributed by atoms with Gasteiger partial charge in [0.25, 0.3) is 0 Å². The summed E-state index contributed by atoms with van der Waals surface area (Å²) in [5.74, 6) is 0. The van der Waals surface area contributed by atoms with Gasteiger partial charge in [-0.3, -0.25) is 0 Å². The van der Waals surface area contributed by atoms with Gasteiger partial charge in [0.05, 0.1) is 0 Å². The maximum atomic E-state index is 4.14. The second kappa shape index (κ2) is 4.90. The first kappa shape index (κ1) is 15.0. The summed E-state index contributed by atoms with van der Waals surface area (Å²) in [6.45, 7) is 23.1. The van der Waals surface area contributed by atoms with Crippen LogP contribution in [-0.2, 0) is 0 Å². The van der Waals surface area contributed by atoms with Crippen LogP contribution < -0.4 is 5.32 Å². The maximum absolute atomic E-state index is 4.14. The van der Waals surface area contributed by atoms with Crippen molar-refractivity contribution in [3.05, 3.63) is 36.1 Å². The predicted molar refractivity (Wildman–Crippen MR) is 74.4 cm³/mol. The molecule has 0 aromatic heterocycles. The summed E-state index contributed by atoms with van der Waals surface area (Å²) in [5.41, 5.74) is 3.45. The van der Waals surface area contributed by atoms with Crippen LogP contribution in [0.2, 0.25) is 0 Å². The van der Waals surface area contributed by atoms with Crippen LogP contribution in [0, 0.1) is 5.41 Å². The predicted octanol–water partition coefficient (Wildman–Crippen LogP) is 4.44. The van der Waals surface area contributed by atoms with E-state index in [1.165, 1.54) is 5.57 Å². The van der Waals surface area contributed by atoms with Crippen LogP contribution in [0.3, 0.4) is 0 Å². The van der Waals surface area contributed by atoms with Crippen LogP contribution in [-0.4, -0.2) is 5.54 Å². The lowest BCUT2D eigenvalue weighted by Crippen LogP contribution is -2.34. The highest BCUT2D eigenvalue weighted by Crippen LogP contribution is 2.29. The van der Waals surface area contributed by atoms with Gasteiger partial charge >= 0.3 is 0 Å². The van der Waals surface area contributed by atoms with E-state index in [0.717, 1.165) is 11.3 Å². The molecule has 0 fully saturated rings. The molecule has 0 spiro atoms. The van der Waals surface area contributed by atoms with Crippen molar-refractivity contribution in [1.82, 2.24) is 5.32 Å². The minimum atomic E-state index is 0.0525. The van der Waals surface area contributed by atoms with Crippen molar-refractivity contribution in [2.24, 2.45) is 5.41 Å². The van der Waals surface area contributed by atoms with Crippen LogP contribution in [0.5, 0.6) is 0 Å². The second-order valence-corrected chi connectivity index (χ2v) is 6.46. The molecular weight excluding hydrogens is 194 g/mol. The second-order valence-electron chi connectivity index (χ2n) is 6.46. The first-order chi connectivity index (χ1) is 6.93. The van der Waals surface area contributed by atoms with Crippen molar-refractivity contribution in [3.63, 3.8) is 0 Å². The Morgan fingerprint density at radius 3 is 1.75 bits per heavy atom. The average Bonchev–Trinajstić information content (AvgIpc) is 1.96. The van der Waals surface area contributed by atoms with Gasteiger partial charge in [-0.25, -0.2) is 0 Å². The molecule has 0 rings (SSSR count). The first-order valence-corrected chi connectivity index (χ1v) is 5.78. The van der Waals surface area contributed by atoms with E-state index in [1.807, 2.05) is 0 Å². The molecule has 0 saturated carbocycles. The molecule has 0 radical (unpaired) electrons. The molecule has 0 saturated heterocycles. The third-order valence-electron chi connectivity index (χ3n) is 2.31.